The van der Waals surface area contributed by atoms with E-state index in [-0.39, 0.29) is 12.4 Å². The highest BCUT2D eigenvalue weighted by molar-refractivity contribution is 5.96. The fourth-order valence-corrected chi connectivity index (χ4v) is 4.19. The molecule has 0 radical (unpaired) electrons. The molecule has 3 aliphatic rings. The van der Waals surface area contributed by atoms with Crippen molar-refractivity contribution in [2.45, 2.75) is 38.5 Å². The van der Waals surface area contributed by atoms with Gasteiger partial charge < -0.3 is 4.57 Å². The zero-order valence-corrected chi connectivity index (χ0v) is 13.3. The summed E-state index contributed by atoms with van der Waals surface area (Å²) in [4.78, 5) is 4.37. The number of aromatic nitrogens is 2. The number of rotatable bonds is 0. The predicted molar refractivity (Wildman–Crippen MR) is 94.1 cm³/mol. The predicted octanol–water partition coefficient (Wildman–Crippen LogP) is 5.14. The van der Waals surface area contributed by atoms with Crippen LogP contribution in [0.2, 0.25) is 0 Å². The van der Waals surface area contributed by atoms with E-state index in [4.69, 9.17) is 0 Å². The maximum absolute atomic E-state index is 4.37. The molecule has 0 unspecified atom stereocenters. The smallest absolute Gasteiger partial charge is 0.0567 e. The number of hydrogen-bond acceptors (Lipinski definition) is 1. The van der Waals surface area contributed by atoms with Crippen LogP contribution in [0.25, 0.3) is 22.2 Å². The Kier molecular flexibility index (Phi) is 3.23. The fraction of sp³-hybridized carbons (Fsp3) is 0.316. The van der Waals surface area contributed by atoms with E-state index in [1.807, 2.05) is 6.20 Å². The number of halogens is 1. The lowest BCUT2D eigenvalue weighted by Gasteiger charge is -2.21. The summed E-state index contributed by atoms with van der Waals surface area (Å²) in [5.41, 5.74) is 8.75. The van der Waals surface area contributed by atoms with E-state index in [1.54, 1.807) is 0 Å². The summed E-state index contributed by atoms with van der Waals surface area (Å²) in [5.74, 6) is 0. The quantitative estimate of drug-likeness (QED) is 0.658. The Morgan fingerprint density at radius 1 is 1.05 bits per heavy atom. The molecule has 2 aromatic rings. The van der Waals surface area contributed by atoms with Gasteiger partial charge in [-0.05, 0) is 61.3 Å². The Hall–Kier alpha value is -1.80. The molecule has 112 valence electrons. The first-order chi connectivity index (χ1) is 10.4. The molecule has 2 aliphatic carbocycles. The lowest BCUT2D eigenvalue weighted by Crippen LogP contribution is -2.08. The van der Waals surface area contributed by atoms with Gasteiger partial charge in [0.2, 0.25) is 0 Å². The van der Waals surface area contributed by atoms with Crippen molar-refractivity contribution in [3.63, 3.8) is 0 Å². The Bertz CT molecular complexity index is 852. The zero-order chi connectivity index (χ0) is 13.8. The van der Waals surface area contributed by atoms with Crippen LogP contribution >= 0.6 is 12.4 Å². The van der Waals surface area contributed by atoms with Gasteiger partial charge in [-0.2, -0.15) is 0 Å². The largest absolute Gasteiger partial charge is 0.312 e. The second-order valence-electron chi connectivity index (χ2n) is 6.27. The van der Waals surface area contributed by atoms with E-state index in [0.717, 1.165) is 12.8 Å². The molecule has 0 spiro atoms. The summed E-state index contributed by atoms with van der Waals surface area (Å²) >= 11 is 0. The van der Waals surface area contributed by atoms with Gasteiger partial charge in [-0.1, -0.05) is 18.2 Å². The fourth-order valence-electron chi connectivity index (χ4n) is 4.19. The van der Waals surface area contributed by atoms with Crippen LogP contribution < -0.4 is 0 Å². The van der Waals surface area contributed by atoms with Gasteiger partial charge in [0.1, 0.15) is 0 Å². The molecule has 2 aromatic heterocycles. The lowest BCUT2D eigenvalue weighted by atomic mass is 9.94. The molecule has 1 aliphatic heterocycles. The molecule has 22 heavy (non-hydrogen) atoms. The van der Waals surface area contributed by atoms with E-state index >= 15 is 0 Å². The van der Waals surface area contributed by atoms with E-state index in [1.165, 1.54) is 64.7 Å². The third-order valence-corrected chi connectivity index (χ3v) is 5.12. The van der Waals surface area contributed by atoms with Crippen molar-refractivity contribution < 1.29 is 0 Å². The maximum atomic E-state index is 4.37. The van der Waals surface area contributed by atoms with E-state index in [9.17, 15) is 0 Å². The third-order valence-electron chi connectivity index (χ3n) is 5.12. The molecule has 0 amide bonds. The van der Waals surface area contributed by atoms with Gasteiger partial charge in [-0.25, -0.2) is 0 Å². The SMILES string of the molecule is C1=CC2=C(CCCC2)n2c3c(c4cnccc42)CCC=C13.Cl. The van der Waals surface area contributed by atoms with E-state index in [2.05, 4.69) is 40.0 Å². The van der Waals surface area contributed by atoms with Gasteiger partial charge in [0.15, 0.2) is 0 Å². The van der Waals surface area contributed by atoms with Crippen molar-refractivity contribution >= 4 is 34.6 Å². The second-order valence-corrected chi connectivity index (χ2v) is 6.27. The number of hydrogen-bond donors (Lipinski definition) is 0. The van der Waals surface area contributed by atoms with Crippen LogP contribution in [-0.4, -0.2) is 9.55 Å². The Morgan fingerprint density at radius 3 is 2.91 bits per heavy atom. The van der Waals surface area contributed by atoms with Crippen molar-refractivity contribution in [3.8, 4) is 0 Å². The average Bonchev–Trinajstić information content (AvgIpc) is 2.78. The zero-order valence-electron chi connectivity index (χ0n) is 12.5. The first-order valence-electron chi connectivity index (χ1n) is 8.02. The number of fused-ring (bicyclic) bond motifs is 4. The van der Waals surface area contributed by atoms with Crippen molar-refractivity contribution in [2.75, 3.05) is 0 Å². The summed E-state index contributed by atoms with van der Waals surface area (Å²) in [6.07, 6.45) is 18.4. The molecule has 0 bridgehead atoms. The highest BCUT2D eigenvalue weighted by atomic mass is 35.5. The van der Waals surface area contributed by atoms with E-state index < -0.39 is 0 Å². The molecule has 3 heteroatoms. The normalized spacial score (nSPS) is 19.2. The van der Waals surface area contributed by atoms with Gasteiger partial charge in [0.05, 0.1) is 11.2 Å². The molecular weight excluding hydrogens is 292 g/mol. The molecule has 0 fully saturated rings. The van der Waals surface area contributed by atoms with Crippen LogP contribution in [0.1, 0.15) is 43.4 Å². The molecule has 3 heterocycles. The van der Waals surface area contributed by atoms with Crippen LogP contribution in [-0.2, 0) is 6.42 Å². The monoisotopic (exact) mass is 310 g/mol. The Balaban J connectivity index is 0.00000125. The third kappa shape index (κ3) is 1.77. The molecule has 0 saturated heterocycles. The Labute approximate surface area is 136 Å². The van der Waals surface area contributed by atoms with Gasteiger partial charge in [0, 0.05) is 23.5 Å². The van der Waals surface area contributed by atoms with Crippen LogP contribution in [0.4, 0.5) is 0 Å². The summed E-state index contributed by atoms with van der Waals surface area (Å²) in [6, 6.07) is 2.19. The number of aryl methyl sites for hydroxylation is 1. The van der Waals surface area contributed by atoms with Crippen molar-refractivity contribution in [1.29, 1.82) is 0 Å². The average molecular weight is 311 g/mol. The molecule has 0 N–H and O–H groups in total. The standard InChI is InChI=1S/C19H18N2.ClH/c1-2-7-17-13(4-1)8-9-14-5-3-6-15-16-12-20-11-10-18(16)21(17)19(14)15;/h5,8-12H,1-4,6-7H2;1H. The summed E-state index contributed by atoms with van der Waals surface area (Å²) in [5, 5.41) is 1.35. The minimum Gasteiger partial charge on any atom is -0.312 e. The first kappa shape index (κ1) is 13.8. The second kappa shape index (κ2) is 5.13. The summed E-state index contributed by atoms with van der Waals surface area (Å²) in [7, 11) is 0. The topological polar surface area (TPSA) is 17.8 Å². The summed E-state index contributed by atoms with van der Waals surface area (Å²) < 4.78 is 2.55. The van der Waals surface area contributed by atoms with Gasteiger partial charge >= 0.3 is 0 Å². The number of allylic oxidation sites excluding steroid dienone is 6. The molecule has 0 saturated carbocycles. The molecule has 2 nitrogen and oxygen atoms in total. The van der Waals surface area contributed by atoms with Gasteiger partial charge in [-0.15, -0.1) is 12.4 Å². The van der Waals surface area contributed by atoms with Crippen LogP contribution in [0.5, 0.6) is 0 Å². The van der Waals surface area contributed by atoms with Gasteiger partial charge in [0.25, 0.3) is 0 Å². The Morgan fingerprint density at radius 2 is 1.95 bits per heavy atom. The highest BCUT2D eigenvalue weighted by Crippen LogP contribution is 2.43. The summed E-state index contributed by atoms with van der Waals surface area (Å²) in [6.45, 7) is 0. The molecular formula is C19H19ClN2. The number of pyridine rings is 1. The van der Waals surface area contributed by atoms with E-state index in [0.29, 0.717) is 0 Å². The minimum atomic E-state index is 0. The van der Waals surface area contributed by atoms with Crippen molar-refractivity contribution in [1.82, 2.24) is 9.55 Å². The lowest BCUT2D eigenvalue weighted by molar-refractivity contribution is 0.703. The van der Waals surface area contributed by atoms with Crippen LogP contribution in [0.3, 0.4) is 0 Å². The molecule has 5 rings (SSSR count). The highest BCUT2D eigenvalue weighted by Gasteiger charge is 2.26. The molecule has 0 atom stereocenters. The van der Waals surface area contributed by atoms with Crippen LogP contribution in [0.15, 0.2) is 42.3 Å². The minimum absolute atomic E-state index is 0. The van der Waals surface area contributed by atoms with Crippen LogP contribution in [0, 0.1) is 0 Å². The van der Waals surface area contributed by atoms with Crippen molar-refractivity contribution in [2.24, 2.45) is 0 Å². The number of nitrogens with zero attached hydrogens (tertiary/aromatic N) is 2. The van der Waals surface area contributed by atoms with Crippen molar-refractivity contribution in [3.05, 3.63) is 53.5 Å². The van der Waals surface area contributed by atoms with Gasteiger partial charge in [-0.3, -0.25) is 4.98 Å². The molecule has 0 aromatic carbocycles. The maximum Gasteiger partial charge on any atom is 0.0567 e. The first-order valence-corrected chi connectivity index (χ1v) is 8.02.